The summed E-state index contributed by atoms with van der Waals surface area (Å²) in [4.78, 5) is 9.36. The highest BCUT2D eigenvalue weighted by Gasteiger charge is 2.24. The molecule has 1 aromatic rings. The van der Waals surface area contributed by atoms with E-state index in [1.54, 1.807) is 6.33 Å². The molecule has 1 aromatic heterocycles. The largest absolute Gasteiger partial charge is 0.241 e. The van der Waals surface area contributed by atoms with Gasteiger partial charge in [0.15, 0.2) is 0 Å². The van der Waals surface area contributed by atoms with Crippen molar-refractivity contribution in [1.82, 2.24) is 9.97 Å². The zero-order chi connectivity index (χ0) is 10.8. The van der Waals surface area contributed by atoms with Crippen LogP contribution in [0.25, 0.3) is 0 Å². The van der Waals surface area contributed by atoms with Crippen LogP contribution >= 0.6 is 15.9 Å². The first kappa shape index (κ1) is 11.1. The van der Waals surface area contributed by atoms with E-state index in [1.165, 1.54) is 29.8 Å². The minimum atomic E-state index is 0.488. The number of aryl methyl sites for hydroxylation is 1. The Hall–Kier alpha value is -0.440. The summed E-state index contributed by atoms with van der Waals surface area (Å²) < 4.78 is 0. The number of fused-ring (bicyclic) bond motifs is 1. The van der Waals surface area contributed by atoms with Crippen molar-refractivity contribution in [3.63, 3.8) is 0 Å². The second-order valence-electron chi connectivity index (χ2n) is 4.23. The molecule has 0 amide bonds. The Morgan fingerprint density at radius 2 is 2.20 bits per heavy atom. The molecule has 0 fully saturated rings. The summed E-state index contributed by atoms with van der Waals surface area (Å²) in [5.41, 5.74) is 3.99. The molecule has 82 valence electrons. The molecule has 2 nitrogen and oxygen atoms in total. The van der Waals surface area contributed by atoms with E-state index >= 15 is 0 Å². The lowest BCUT2D eigenvalue weighted by Gasteiger charge is -2.19. The van der Waals surface area contributed by atoms with E-state index in [0.717, 1.165) is 12.8 Å². The van der Waals surface area contributed by atoms with Gasteiger partial charge < -0.3 is 0 Å². The Morgan fingerprint density at radius 1 is 1.40 bits per heavy atom. The van der Waals surface area contributed by atoms with Gasteiger partial charge in [0.1, 0.15) is 6.33 Å². The number of halogens is 1. The smallest absolute Gasteiger partial charge is 0.115 e. The molecule has 15 heavy (non-hydrogen) atoms. The fraction of sp³-hybridized carbons (Fsp3) is 0.667. The molecule has 0 bridgehead atoms. The molecule has 2 unspecified atom stereocenters. The zero-order valence-electron chi connectivity index (χ0n) is 9.33. The van der Waals surface area contributed by atoms with E-state index in [2.05, 4.69) is 39.7 Å². The van der Waals surface area contributed by atoms with Gasteiger partial charge >= 0.3 is 0 Å². The molecule has 1 aliphatic carbocycles. The molecule has 1 heterocycles. The van der Waals surface area contributed by atoms with Gasteiger partial charge in [0.2, 0.25) is 0 Å². The van der Waals surface area contributed by atoms with Crippen LogP contribution in [-0.2, 0) is 12.8 Å². The van der Waals surface area contributed by atoms with Crippen LogP contribution in [0.1, 0.15) is 49.6 Å². The fourth-order valence-electron chi connectivity index (χ4n) is 2.44. The van der Waals surface area contributed by atoms with Gasteiger partial charge in [0, 0.05) is 16.4 Å². The highest BCUT2D eigenvalue weighted by atomic mass is 79.9. The second-order valence-corrected chi connectivity index (χ2v) is 5.67. The Labute approximate surface area is 99.7 Å². The molecule has 3 heteroatoms. The minimum absolute atomic E-state index is 0.488. The van der Waals surface area contributed by atoms with Crippen molar-refractivity contribution in [3.05, 3.63) is 23.3 Å². The van der Waals surface area contributed by atoms with Crippen molar-refractivity contribution >= 4 is 15.9 Å². The normalized spacial score (nSPS) is 18.6. The number of alkyl halides is 1. The average Bonchev–Trinajstić information content (AvgIpc) is 2.66. The van der Waals surface area contributed by atoms with E-state index < -0.39 is 0 Å². The fourth-order valence-corrected chi connectivity index (χ4v) is 3.06. The van der Waals surface area contributed by atoms with Crippen molar-refractivity contribution in [2.45, 2.75) is 50.3 Å². The number of hydrogen-bond donors (Lipinski definition) is 0. The molecule has 0 saturated carbocycles. The highest BCUT2D eigenvalue weighted by Crippen LogP contribution is 2.32. The summed E-state index contributed by atoms with van der Waals surface area (Å²) in [5.74, 6) is 0.528. The van der Waals surface area contributed by atoms with Crippen LogP contribution in [0.5, 0.6) is 0 Å². The second kappa shape index (κ2) is 4.60. The summed E-state index contributed by atoms with van der Waals surface area (Å²) in [6.07, 6.45) is 6.42. The SMILES string of the molecule is CCC(c1ncnc2c1CCC2)C(C)Br. The van der Waals surface area contributed by atoms with E-state index in [-0.39, 0.29) is 0 Å². The molecule has 2 rings (SSSR count). The predicted molar refractivity (Wildman–Crippen MR) is 65.5 cm³/mol. The molecule has 0 N–H and O–H groups in total. The molecule has 0 radical (unpaired) electrons. The van der Waals surface area contributed by atoms with Crippen molar-refractivity contribution in [1.29, 1.82) is 0 Å². The standard InChI is InChI=1S/C12H17BrN2/c1-3-9(8(2)13)12-10-5-4-6-11(10)14-7-15-12/h7-9H,3-6H2,1-2H3. The first-order valence-corrected chi connectivity index (χ1v) is 6.62. The molecule has 2 atom stereocenters. The number of rotatable bonds is 3. The van der Waals surface area contributed by atoms with Gasteiger partial charge in [-0.15, -0.1) is 0 Å². The van der Waals surface area contributed by atoms with Gasteiger partial charge in [-0.25, -0.2) is 9.97 Å². The van der Waals surface area contributed by atoms with Crippen LogP contribution in [0, 0.1) is 0 Å². The van der Waals surface area contributed by atoms with Gasteiger partial charge in [-0.3, -0.25) is 0 Å². The van der Waals surface area contributed by atoms with Crippen molar-refractivity contribution < 1.29 is 0 Å². The van der Waals surface area contributed by atoms with Crippen LogP contribution in [-0.4, -0.2) is 14.8 Å². The van der Waals surface area contributed by atoms with Crippen LogP contribution in [0.15, 0.2) is 6.33 Å². The van der Waals surface area contributed by atoms with Gasteiger partial charge in [-0.1, -0.05) is 29.8 Å². The summed E-state index contributed by atoms with van der Waals surface area (Å²) in [5, 5.41) is 0. The van der Waals surface area contributed by atoms with Gasteiger partial charge in [0.25, 0.3) is 0 Å². The Kier molecular flexibility index (Phi) is 3.39. The lowest BCUT2D eigenvalue weighted by atomic mass is 9.94. The highest BCUT2D eigenvalue weighted by molar-refractivity contribution is 9.09. The van der Waals surface area contributed by atoms with E-state index in [0.29, 0.717) is 10.7 Å². The summed E-state index contributed by atoms with van der Waals surface area (Å²) in [7, 11) is 0. The average molecular weight is 269 g/mol. The lowest BCUT2D eigenvalue weighted by Crippen LogP contribution is -2.13. The molecule has 0 spiro atoms. The van der Waals surface area contributed by atoms with Gasteiger partial charge in [-0.05, 0) is 31.2 Å². The molecular formula is C12H17BrN2. The number of aromatic nitrogens is 2. The van der Waals surface area contributed by atoms with Gasteiger partial charge in [0.05, 0.1) is 5.69 Å². The Bertz CT molecular complexity index is 349. The molecule has 1 aliphatic rings. The van der Waals surface area contributed by atoms with Crippen molar-refractivity contribution in [3.8, 4) is 0 Å². The third kappa shape index (κ3) is 2.07. The first-order valence-electron chi connectivity index (χ1n) is 5.70. The maximum Gasteiger partial charge on any atom is 0.115 e. The third-order valence-electron chi connectivity index (χ3n) is 3.25. The van der Waals surface area contributed by atoms with Gasteiger partial charge in [-0.2, -0.15) is 0 Å². The van der Waals surface area contributed by atoms with Crippen LogP contribution in [0.2, 0.25) is 0 Å². The minimum Gasteiger partial charge on any atom is -0.241 e. The summed E-state index contributed by atoms with van der Waals surface area (Å²) in [6, 6.07) is 0. The van der Waals surface area contributed by atoms with Crippen LogP contribution in [0.4, 0.5) is 0 Å². The number of hydrogen-bond acceptors (Lipinski definition) is 2. The maximum atomic E-state index is 4.50. The third-order valence-corrected chi connectivity index (χ3v) is 3.89. The van der Waals surface area contributed by atoms with E-state index in [9.17, 15) is 0 Å². The zero-order valence-corrected chi connectivity index (χ0v) is 10.9. The van der Waals surface area contributed by atoms with Crippen LogP contribution in [0.3, 0.4) is 0 Å². The van der Waals surface area contributed by atoms with E-state index in [4.69, 9.17) is 0 Å². The maximum absolute atomic E-state index is 4.50. The number of nitrogens with zero attached hydrogens (tertiary/aromatic N) is 2. The van der Waals surface area contributed by atoms with E-state index in [1.807, 2.05) is 0 Å². The Morgan fingerprint density at radius 3 is 2.87 bits per heavy atom. The first-order chi connectivity index (χ1) is 7.24. The lowest BCUT2D eigenvalue weighted by molar-refractivity contribution is 0.633. The van der Waals surface area contributed by atoms with Crippen LogP contribution < -0.4 is 0 Å². The molecule has 0 aromatic carbocycles. The van der Waals surface area contributed by atoms with Crippen molar-refractivity contribution in [2.24, 2.45) is 0 Å². The predicted octanol–water partition coefficient (Wildman–Crippen LogP) is 3.24. The monoisotopic (exact) mass is 268 g/mol. The molecular weight excluding hydrogens is 252 g/mol. The topological polar surface area (TPSA) is 25.8 Å². The molecule has 0 aliphatic heterocycles. The Balaban J connectivity index is 2.39. The quantitative estimate of drug-likeness (QED) is 0.787. The van der Waals surface area contributed by atoms with Crippen molar-refractivity contribution in [2.75, 3.05) is 0 Å². The summed E-state index contributed by atoms with van der Waals surface area (Å²) in [6.45, 7) is 4.43. The molecule has 0 saturated heterocycles. The summed E-state index contributed by atoms with van der Waals surface area (Å²) >= 11 is 3.69.